The van der Waals surface area contributed by atoms with E-state index in [-0.39, 0.29) is 5.56 Å². The Bertz CT molecular complexity index is 149. The maximum Gasteiger partial charge on any atom is 0.134 e. The van der Waals surface area contributed by atoms with Gasteiger partial charge >= 0.3 is 0 Å². The van der Waals surface area contributed by atoms with Gasteiger partial charge in [0.25, 0.3) is 0 Å². The highest BCUT2D eigenvalue weighted by atomic mass is 35.5. The van der Waals surface area contributed by atoms with Crippen LogP contribution in [0.2, 0.25) is 0 Å². The minimum absolute atomic E-state index is 0.00471. The summed E-state index contributed by atoms with van der Waals surface area (Å²) in [5.41, 5.74) is 0.00471. The van der Waals surface area contributed by atoms with Crippen molar-refractivity contribution in [1.82, 2.24) is 0 Å². The van der Waals surface area contributed by atoms with Gasteiger partial charge < -0.3 is 4.74 Å². The van der Waals surface area contributed by atoms with Crippen molar-refractivity contribution in [2.24, 2.45) is 5.92 Å². The summed E-state index contributed by atoms with van der Waals surface area (Å²) in [7, 11) is 0. The van der Waals surface area contributed by atoms with Crippen LogP contribution in [0.5, 0.6) is 0 Å². The number of hydrogen-bond acceptors (Lipinski definition) is 1. The third-order valence-corrected chi connectivity index (χ3v) is 3.80. The molecule has 2 atom stereocenters. The first-order valence-corrected chi connectivity index (χ1v) is 7.04. The van der Waals surface area contributed by atoms with E-state index in [2.05, 4.69) is 6.92 Å². The molecule has 1 nitrogen and oxygen atoms in total. The second kappa shape index (κ2) is 8.41. The maximum atomic E-state index is 6.04. The number of rotatable bonds is 8. The average Bonchev–Trinajstić information content (AvgIpc) is 2.63. The summed E-state index contributed by atoms with van der Waals surface area (Å²) in [6.07, 6.45) is 12.1. The predicted octanol–water partition coefficient (Wildman–Crippen LogP) is 4.73. The molecule has 0 aromatic heterocycles. The van der Waals surface area contributed by atoms with E-state index in [1.807, 2.05) is 0 Å². The van der Waals surface area contributed by atoms with E-state index in [1.54, 1.807) is 0 Å². The van der Waals surface area contributed by atoms with Crippen molar-refractivity contribution in [2.45, 2.75) is 70.3 Å². The summed E-state index contributed by atoms with van der Waals surface area (Å²) in [5.74, 6) is 0.627. The van der Waals surface area contributed by atoms with Gasteiger partial charge in [-0.15, -0.1) is 0 Å². The molecule has 0 bridgehead atoms. The molecule has 0 aromatic rings. The van der Waals surface area contributed by atoms with Crippen LogP contribution in [-0.2, 0) is 4.74 Å². The van der Waals surface area contributed by atoms with Crippen molar-refractivity contribution in [1.29, 1.82) is 0 Å². The van der Waals surface area contributed by atoms with Gasteiger partial charge in [-0.3, -0.25) is 0 Å². The molecule has 0 saturated carbocycles. The van der Waals surface area contributed by atoms with Crippen LogP contribution in [-0.4, -0.2) is 12.2 Å². The second-order valence-corrected chi connectivity index (χ2v) is 5.11. The quantitative estimate of drug-likeness (QED) is 0.434. The summed E-state index contributed by atoms with van der Waals surface area (Å²) < 4.78 is 5.34. The molecule has 0 amide bonds. The molecule has 1 fully saturated rings. The lowest BCUT2D eigenvalue weighted by molar-refractivity contribution is 0.150. The van der Waals surface area contributed by atoms with Crippen LogP contribution in [0.3, 0.4) is 0 Å². The smallest absolute Gasteiger partial charge is 0.134 e. The molecule has 1 saturated heterocycles. The Hall–Kier alpha value is 0.250. The van der Waals surface area contributed by atoms with Crippen LogP contribution >= 0.6 is 11.6 Å². The van der Waals surface area contributed by atoms with Gasteiger partial charge in [-0.05, 0) is 12.8 Å². The van der Waals surface area contributed by atoms with Crippen LogP contribution in [0.25, 0.3) is 0 Å². The Morgan fingerprint density at radius 1 is 1.07 bits per heavy atom. The molecule has 0 radical (unpaired) electrons. The fraction of sp³-hybridized carbons (Fsp3) is 1.00. The minimum atomic E-state index is 0.00471. The van der Waals surface area contributed by atoms with Crippen molar-refractivity contribution in [2.75, 3.05) is 6.61 Å². The zero-order valence-electron chi connectivity index (χ0n) is 10.0. The molecule has 0 aliphatic carbocycles. The van der Waals surface area contributed by atoms with Gasteiger partial charge in [0.15, 0.2) is 0 Å². The molecular formula is C13H25ClO. The van der Waals surface area contributed by atoms with Gasteiger partial charge in [0, 0.05) is 12.5 Å². The van der Waals surface area contributed by atoms with Crippen LogP contribution in [0.1, 0.15) is 64.7 Å². The first kappa shape index (κ1) is 13.3. The first-order chi connectivity index (χ1) is 7.34. The molecule has 1 aliphatic rings. The summed E-state index contributed by atoms with van der Waals surface area (Å²) >= 11 is 6.04. The monoisotopic (exact) mass is 232 g/mol. The second-order valence-electron chi connectivity index (χ2n) is 4.68. The molecular weight excluding hydrogens is 208 g/mol. The van der Waals surface area contributed by atoms with E-state index >= 15 is 0 Å². The number of halogens is 1. The molecule has 1 heterocycles. The fourth-order valence-corrected chi connectivity index (χ4v) is 2.58. The normalized spacial score (nSPS) is 26.0. The number of ether oxygens (including phenoxy) is 1. The predicted molar refractivity (Wildman–Crippen MR) is 66.3 cm³/mol. The highest BCUT2D eigenvalue weighted by molar-refractivity contribution is 6.20. The molecule has 0 N–H and O–H groups in total. The van der Waals surface area contributed by atoms with Crippen molar-refractivity contribution in [3.05, 3.63) is 0 Å². The van der Waals surface area contributed by atoms with Crippen LogP contribution in [0, 0.1) is 5.92 Å². The van der Waals surface area contributed by atoms with Crippen molar-refractivity contribution < 1.29 is 4.74 Å². The minimum Gasteiger partial charge on any atom is -0.362 e. The summed E-state index contributed by atoms with van der Waals surface area (Å²) in [6.45, 7) is 3.13. The fourth-order valence-electron chi connectivity index (χ4n) is 2.24. The van der Waals surface area contributed by atoms with E-state index in [0.717, 1.165) is 6.61 Å². The SMILES string of the molecule is CCCCCCCCCC1CCOC1Cl. The Morgan fingerprint density at radius 2 is 1.73 bits per heavy atom. The Kier molecular flexibility index (Phi) is 7.46. The van der Waals surface area contributed by atoms with Gasteiger partial charge in [-0.2, -0.15) is 0 Å². The molecule has 0 aromatic carbocycles. The van der Waals surface area contributed by atoms with Crippen molar-refractivity contribution in [3.8, 4) is 0 Å². The lowest BCUT2D eigenvalue weighted by atomic mass is 9.99. The molecule has 2 heteroatoms. The standard InChI is InChI=1S/C13H25ClO/c1-2-3-4-5-6-7-8-9-12-10-11-15-13(12)14/h12-13H,2-11H2,1H3. The zero-order chi connectivity index (χ0) is 10.9. The molecule has 1 rings (SSSR count). The third-order valence-electron chi connectivity index (χ3n) is 3.31. The molecule has 90 valence electrons. The van der Waals surface area contributed by atoms with Gasteiger partial charge in [0.05, 0.1) is 0 Å². The van der Waals surface area contributed by atoms with Gasteiger partial charge in [0.1, 0.15) is 5.56 Å². The van der Waals surface area contributed by atoms with Crippen LogP contribution < -0.4 is 0 Å². The Balaban J connectivity index is 1.84. The van der Waals surface area contributed by atoms with Crippen molar-refractivity contribution in [3.63, 3.8) is 0 Å². The summed E-state index contributed by atoms with van der Waals surface area (Å²) in [6, 6.07) is 0. The Labute approximate surface area is 99.5 Å². The summed E-state index contributed by atoms with van der Waals surface area (Å²) in [4.78, 5) is 0. The topological polar surface area (TPSA) is 9.23 Å². The molecule has 15 heavy (non-hydrogen) atoms. The van der Waals surface area contributed by atoms with Crippen LogP contribution in [0.15, 0.2) is 0 Å². The highest BCUT2D eigenvalue weighted by Gasteiger charge is 2.25. The van der Waals surface area contributed by atoms with Gasteiger partial charge in [-0.1, -0.05) is 63.5 Å². The number of hydrogen-bond donors (Lipinski definition) is 0. The lowest BCUT2D eigenvalue weighted by Gasteiger charge is -2.11. The van der Waals surface area contributed by atoms with E-state index in [1.165, 1.54) is 57.8 Å². The van der Waals surface area contributed by atoms with Crippen LogP contribution in [0.4, 0.5) is 0 Å². The van der Waals surface area contributed by atoms with Gasteiger partial charge in [0.2, 0.25) is 0 Å². The average molecular weight is 233 g/mol. The van der Waals surface area contributed by atoms with E-state index < -0.39 is 0 Å². The molecule has 1 aliphatic heterocycles. The largest absolute Gasteiger partial charge is 0.362 e. The highest BCUT2D eigenvalue weighted by Crippen LogP contribution is 2.28. The van der Waals surface area contributed by atoms with E-state index in [0.29, 0.717) is 5.92 Å². The van der Waals surface area contributed by atoms with E-state index in [4.69, 9.17) is 16.3 Å². The Morgan fingerprint density at radius 3 is 2.33 bits per heavy atom. The van der Waals surface area contributed by atoms with Gasteiger partial charge in [-0.25, -0.2) is 0 Å². The van der Waals surface area contributed by atoms with Crippen molar-refractivity contribution >= 4 is 11.6 Å². The third kappa shape index (κ3) is 5.77. The number of alkyl halides is 1. The molecule has 0 spiro atoms. The first-order valence-electron chi connectivity index (χ1n) is 6.60. The maximum absolute atomic E-state index is 6.04. The lowest BCUT2D eigenvalue weighted by Crippen LogP contribution is -2.07. The van der Waals surface area contributed by atoms with E-state index in [9.17, 15) is 0 Å². The summed E-state index contributed by atoms with van der Waals surface area (Å²) in [5, 5.41) is 0. The number of unbranched alkanes of at least 4 members (excludes halogenated alkanes) is 6. The zero-order valence-corrected chi connectivity index (χ0v) is 10.8. The molecule has 2 unspecified atom stereocenters.